The van der Waals surface area contributed by atoms with Gasteiger partial charge in [-0.3, -0.25) is 4.79 Å². The number of amides is 1. The van der Waals surface area contributed by atoms with E-state index in [1.807, 2.05) is 36.4 Å². The van der Waals surface area contributed by atoms with Gasteiger partial charge in [0, 0.05) is 13.1 Å². The molecule has 0 aromatic heterocycles. The highest BCUT2D eigenvalue weighted by Crippen LogP contribution is 2.27. The summed E-state index contributed by atoms with van der Waals surface area (Å²) in [7, 11) is 3.17. The number of carbonyl (C=O) groups excluding carboxylic acids is 1. The molecule has 0 radical (unpaired) electrons. The van der Waals surface area contributed by atoms with E-state index < -0.39 is 0 Å². The summed E-state index contributed by atoms with van der Waals surface area (Å²) in [5.41, 5.74) is 0.464. The van der Waals surface area contributed by atoms with E-state index in [1.165, 1.54) is 7.11 Å². The second kappa shape index (κ2) is 9.18. The Kier molecular flexibility index (Phi) is 6.66. The third-order valence-electron chi connectivity index (χ3n) is 3.51. The summed E-state index contributed by atoms with van der Waals surface area (Å²) in [4.78, 5) is 13.7. The maximum absolute atomic E-state index is 12.1. The number of hydrogen-bond acceptors (Lipinski definition) is 5. The minimum Gasteiger partial charge on any atom is -0.493 e. The van der Waals surface area contributed by atoms with Gasteiger partial charge in [-0.1, -0.05) is 18.2 Å². The summed E-state index contributed by atoms with van der Waals surface area (Å²) in [5.74, 6) is 1.43. The standard InChI is InChI=1S/C19H20N2O4/c1-21(10-11-24-16-6-4-3-5-7-16)19(22)14-25-17-9-8-15(13-20)12-18(17)23-2/h3-9,12H,10-11,14H2,1-2H3. The molecular weight excluding hydrogens is 320 g/mol. The zero-order valence-corrected chi connectivity index (χ0v) is 14.3. The van der Waals surface area contributed by atoms with Crippen molar-refractivity contribution in [1.29, 1.82) is 5.26 Å². The van der Waals surface area contributed by atoms with Gasteiger partial charge in [-0.05, 0) is 24.3 Å². The Hall–Kier alpha value is -3.20. The Morgan fingerprint density at radius 1 is 1.12 bits per heavy atom. The minimum atomic E-state index is -0.178. The van der Waals surface area contributed by atoms with Crippen molar-refractivity contribution in [2.45, 2.75) is 0 Å². The second-order valence-corrected chi connectivity index (χ2v) is 5.24. The Morgan fingerprint density at radius 2 is 1.88 bits per heavy atom. The fourth-order valence-corrected chi connectivity index (χ4v) is 2.05. The first-order chi connectivity index (χ1) is 12.1. The maximum Gasteiger partial charge on any atom is 0.260 e. The molecule has 0 aliphatic rings. The molecule has 0 saturated heterocycles. The number of likely N-dealkylation sites (N-methyl/N-ethyl adjacent to an activating group) is 1. The molecule has 0 atom stereocenters. The van der Waals surface area contributed by atoms with Crippen molar-refractivity contribution in [2.75, 3.05) is 33.9 Å². The lowest BCUT2D eigenvalue weighted by Crippen LogP contribution is -2.34. The second-order valence-electron chi connectivity index (χ2n) is 5.24. The first kappa shape index (κ1) is 18.1. The molecule has 2 aromatic rings. The molecular formula is C19H20N2O4. The molecule has 0 saturated carbocycles. The van der Waals surface area contributed by atoms with Crippen LogP contribution in [0.5, 0.6) is 17.2 Å². The van der Waals surface area contributed by atoms with Gasteiger partial charge in [-0.15, -0.1) is 0 Å². The highest BCUT2D eigenvalue weighted by atomic mass is 16.5. The van der Waals surface area contributed by atoms with E-state index in [0.717, 1.165) is 5.75 Å². The van der Waals surface area contributed by atoms with E-state index in [4.69, 9.17) is 19.5 Å². The molecule has 0 spiro atoms. The van der Waals surface area contributed by atoms with Gasteiger partial charge < -0.3 is 19.1 Å². The van der Waals surface area contributed by atoms with Crippen molar-refractivity contribution in [1.82, 2.24) is 4.90 Å². The monoisotopic (exact) mass is 340 g/mol. The van der Waals surface area contributed by atoms with E-state index in [2.05, 4.69) is 0 Å². The first-order valence-corrected chi connectivity index (χ1v) is 7.77. The number of benzene rings is 2. The molecule has 0 heterocycles. The van der Waals surface area contributed by atoms with Crippen LogP contribution in [0.2, 0.25) is 0 Å². The zero-order valence-electron chi connectivity index (χ0n) is 14.3. The molecule has 2 aromatic carbocycles. The summed E-state index contributed by atoms with van der Waals surface area (Å²) in [5, 5.41) is 8.89. The highest BCUT2D eigenvalue weighted by molar-refractivity contribution is 5.77. The fourth-order valence-electron chi connectivity index (χ4n) is 2.05. The van der Waals surface area contributed by atoms with E-state index in [1.54, 1.807) is 30.1 Å². The van der Waals surface area contributed by atoms with Gasteiger partial charge in [0.05, 0.1) is 25.3 Å². The minimum absolute atomic E-state index is 0.121. The largest absolute Gasteiger partial charge is 0.493 e. The molecule has 6 heteroatoms. The average Bonchev–Trinajstić information content (AvgIpc) is 2.66. The third-order valence-corrected chi connectivity index (χ3v) is 3.51. The van der Waals surface area contributed by atoms with Crippen LogP contribution in [0, 0.1) is 11.3 Å². The summed E-state index contributed by atoms with van der Waals surface area (Å²) >= 11 is 0. The molecule has 0 aliphatic heterocycles. The van der Waals surface area contributed by atoms with E-state index in [9.17, 15) is 4.79 Å². The van der Waals surface area contributed by atoms with Crippen molar-refractivity contribution in [3.8, 4) is 23.3 Å². The Morgan fingerprint density at radius 3 is 2.56 bits per heavy atom. The summed E-state index contributed by atoms with van der Waals surface area (Å²) in [6.07, 6.45) is 0. The average molecular weight is 340 g/mol. The lowest BCUT2D eigenvalue weighted by atomic mass is 10.2. The summed E-state index contributed by atoms with van der Waals surface area (Å²) in [6.45, 7) is 0.720. The quantitative estimate of drug-likeness (QED) is 0.738. The van der Waals surface area contributed by atoms with Gasteiger partial charge in [0.25, 0.3) is 5.91 Å². The van der Waals surface area contributed by atoms with Crippen LogP contribution in [0.1, 0.15) is 5.56 Å². The molecule has 0 aliphatic carbocycles. The number of carbonyl (C=O) groups is 1. The van der Waals surface area contributed by atoms with Gasteiger partial charge in [0.1, 0.15) is 12.4 Å². The van der Waals surface area contributed by atoms with Crippen LogP contribution >= 0.6 is 0 Å². The van der Waals surface area contributed by atoms with Crippen LogP contribution in [0.25, 0.3) is 0 Å². The predicted molar refractivity (Wildman–Crippen MR) is 92.8 cm³/mol. The summed E-state index contributed by atoms with van der Waals surface area (Å²) in [6, 6.07) is 16.2. The number of methoxy groups -OCH3 is 1. The molecule has 0 unspecified atom stereocenters. The molecule has 0 bridgehead atoms. The topological polar surface area (TPSA) is 71.8 Å². The number of nitriles is 1. The van der Waals surface area contributed by atoms with Crippen LogP contribution in [0.3, 0.4) is 0 Å². The lowest BCUT2D eigenvalue weighted by Gasteiger charge is -2.18. The molecule has 6 nitrogen and oxygen atoms in total. The Labute approximate surface area is 147 Å². The first-order valence-electron chi connectivity index (χ1n) is 7.77. The van der Waals surface area contributed by atoms with Crippen molar-refractivity contribution < 1.29 is 19.0 Å². The SMILES string of the molecule is COc1cc(C#N)ccc1OCC(=O)N(C)CCOc1ccccc1. The zero-order chi connectivity index (χ0) is 18.1. The molecule has 130 valence electrons. The van der Waals surface area contributed by atoms with Crippen LogP contribution < -0.4 is 14.2 Å². The van der Waals surface area contributed by atoms with Crippen molar-refractivity contribution in [3.05, 3.63) is 54.1 Å². The Bertz CT molecular complexity index is 741. The van der Waals surface area contributed by atoms with Gasteiger partial charge in [0.2, 0.25) is 0 Å². The van der Waals surface area contributed by atoms with Crippen molar-refractivity contribution in [2.24, 2.45) is 0 Å². The van der Waals surface area contributed by atoms with Crippen LogP contribution in [-0.4, -0.2) is 44.7 Å². The van der Waals surface area contributed by atoms with Gasteiger partial charge in [-0.25, -0.2) is 0 Å². The highest BCUT2D eigenvalue weighted by Gasteiger charge is 2.12. The number of para-hydroxylation sites is 1. The third kappa shape index (κ3) is 5.43. The molecule has 0 N–H and O–H groups in total. The molecule has 25 heavy (non-hydrogen) atoms. The van der Waals surface area contributed by atoms with E-state index >= 15 is 0 Å². The van der Waals surface area contributed by atoms with Gasteiger partial charge >= 0.3 is 0 Å². The van der Waals surface area contributed by atoms with Crippen molar-refractivity contribution in [3.63, 3.8) is 0 Å². The summed E-state index contributed by atoms with van der Waals surface area (Å²) < 4.78 is 16.2. The number of ether oxygens (including phenoxy) is 3. The van der Waals surface area contributed by atoms with Crippen molar-refractivity contribution >= 4 is 5.91 Å². The smallest absolute Gasteiger partial charge is 0.260 e. The van der Waals surface area contributed by atoms with Crippen LogP contribution in [-0.2, 0) is 4.79 Å². The molecule has 2 rings (SSSR count). The number of rotatable bonds is 8. The maximum atomic E-state index is 12.1. The predicted octanol–water partition coefficient (Wildman–Crippen LogP) is 2.48. The van der Waals surface area contributed by atoms with Crippen LogP contribution in [0.4, 0.5) is 0 Å². The lowest BCUT2D eigenvalue weighted by molar-refractivity contribution is -0.132. The fraction of sp³-hybridized carbons (Fsp3) is 0.263. The molecule has 1 amide bonds. The molecule has 0 fully saturated rings. The van der Waals surface area contributed by atoms with Gasteiger partial charge in [0.15, 0.2) is 18.1 Å². The normalized spacial score (nSPS) is 9.80. The number of nitrogens with zero attached hydrogens (tertiary/aromatic N) is 2. The van der Waals surface area contributed by atoms with E-state index in [0.29, 0.717) is 30.2 Å². The Balaban J connectivity index is 1.80. The van der Waals surface area contributed by atoms with Crippen LogP contribution in [0.15, 0.2) is 48.5 Å². The van der Waals surface area contributed by atoms with E-state index in [-0.39, 0.29) is 12.5 Å². The number of hydrogen-bond donors (Lipinski definition) is 0. The van der Waals surface area contributed by atoms with Gasteiger partial charge in [-0.2, -0.15) is 5.26 Å².